The zero-order chi connectivity index (χ0) is 18.4. The number of likely N-dealkylation sites (tertiary alicyclic amines) is 1. The second kappa shape index (κ2) is 6.72. The molecular formula is C16H25F3N2O3S. The van der Waals surface area contributed by atoms with Crippen molar-refractivity contribution in [1.82, 2.24) is 4.90 Å². The van der Waals surface area contributed by atoms with Crippen molar-refractivity contribution in [3.8, 4) is 0 Å². The van der Waals surface area contributed by atoms with Crippen molar-refractivity contribution in [2.75, 3.05) is 18.8 Å². The topological polar surface area (TPSA) is 80.5 Å². The molecule has 1 unspecified atom stereocenters. The molecule has 5 nitrogen and oxygen atoms in total. The minimum Gasteiger partial charge on any atom is -0.342 e. The smallest absolute Gasteiger partial charge is 0.342 e. The number of nitrogens with two attached hydrogens (primary N) is 1. The molecule has 0 radical (unpaired) electrons. The minimum absolute atomic E-state index is 0.188. The van der Waals surface area contributed by atoms with Crippen LogP contribution in [-0.4, -0.2) is 44.2 Å². The highest BCUT2D eigenvalue weighted by Crippen LogP contribution is 2.55. The Bertz CT molecular complexity index is 615. The Morgan fingerprint density at radius 1 is 1.08 bits per heavy atom. The van der Waals surface area contributed by atoms with Gasteiger partial charge in [0.15, 0.2) is 0 Å². The molecule has 2 N–H and O–H groups in total. The van der Waals surface area contributed by atoms with E-state index in [4.69, 9.17) is 5.14 Å². The molecule has 0 aromatic rings. The normalized spacial score (nSPS) is 36.5. The van der Waals surface area contributed by atoms with Crippen LogP contribution in [0.15, 0.2) is 0 Å². The van der Waals surface area contributed by atoms with Crippen molar-refractivity contribution in [2.24, 2.45) is 34.7 Å². The van der Waals surface area contributed by atoms with Gasteiger partial charge in [0, 0.05) is 13.1 Å². The van der Waals surface area contributed by atoms with Crippen LogP contribution in [0.4, 0.5) is 13.2 Å². The van der Waals surface area contributed by atoms with Gasteiger partial charge in [-0.1, -0.05) is 0 Å². The summed E-state index contributed by atoms with van der Waals surface area (Å²) in [6, 6.07) is 0. The molecule has 2 bridgehead atoms. The van der Waals surface area contributed by atoms with E-state index in [0.717, 1.165) is 0 Å². The van der Waals surface area contributed by atoms with Crippen LogP contribution in [0.25, 0.3) is 0 Å². The van der Waals surface area contributed by atoms with Gasteiger partial charge in [-0.25, -0.2) is 13.6 Å². The van der Waals surface area contributed by atoms with Crippen LogP contribution >= 0.6 is 0 Å². The lowest BCUT2D eigenvalue weighted by atomic mass is 9.58. The second-order valence-corrected chi connectivity index (χ2v) is 9.55. The first-order valence-corrected chi connectivity index (χ1v) is 10.6. The highest BCUT2D eigenvalue weighted by Gasteiger charge is 2.58. The molecule has 3 aliphatic carbocycles. The first-order valence-electron chi connectivity index (χ1n) is 8.92. The van der Waals surface area contributed by atoms with Crippen LogP contribution in [0.2, 0.25) is 0 Å². The van der Waals surface area contributed by atoms with Crippen molar-refractivity contribution in [2.45, 2.75) is 44.7 Å². The molecule has 1 amide bonds. The van der Waals surface area contributed by atoms with Gasteiger partial charge in [0.1, 0.15) is 0 Å². The quantitative estimate of drug-likeness (QED) is 0.812. The van der Waals surface area contributed by atoms with Crippen LogP contribution in [-0.2, 0) is 14.8 Å². The standard InChI is InChI=1S/C16H25F3N2O3S/c17-16(18,19)14-12-5-3-11(4-6-12)13(14)15(22)21-7-1-2-10(8-21)9-25(20,23)24/h10-14H,1-9H2,(H2,20,23,24)/t10?,11?,12?,13-,14-/m0/s1. The lowest BCUT2D eigenvalue weighted by Gasteiger charge is -2.50. The van der Waals surface area contributed by atoms with Gasteiger partial charge in [-0.2, -0.15) is 13.2 Å². The van der Waals surface area contributed by atoms with E-state index in [2.05, 4.69) is 0 Å². The summed E-state index contributed by atoms with van der Waals surface area (Å²) in [6.07, 6.45) is -0.674. The number of primary sulfonamides is 1. The number of sulfonamides is 1. The molecule has 1 heterocycles. The van der Waals surface area contributed by atoms with Crippen LogP contribution < -0.4 is 5.14 Å². The first-order chi connectivity index (χ1) is 11.6. The number of carbonyl (C=O) groups is 1. The van der Waals surface area contributed by atoms with Crippen molar-refractivity contribution < 1.29 is 26.4 Å². The molecule has 0 spiro atoms. The van der Waals surface area contributed by atoms with Crippen LogP contribution in [0.3, 0.4) is 0 Å². The van der Waals surface area contributed by atoms with E-state index in [9.17, 15) is 26.4 Å². The molecule has 144 valence electrons. The fourth-order valence-electron chi connectivity index (χ4n) is 5.22. The molecule has 9 heteroatoms. The number of fused-ring (bicyclic) bond motifs is 3. The van der Waals surface area contributed by atoms with Crippen LogP contribution in [0.1, 0.15) is 38.5 Å². The van der Waals surface area contributed by atoms with Gasteiger partial charge in [0.05, 0.1) is 17.6 Å². The highest BCUT2D eigenvalue weighted by molar-refractivity contribution is 7.89. The van der Waals surface area contributed by atoms with Gasteiger partial charge in [-0.15, -0.1) is 0 Å². The largest absolute Gasteiger partial charge is 0.392 e. The molecule has 1 aliphatic heterocycles. The van der Waals surface area contributed by atoms with Gasteiger partial charge in [0.2, 0.25) is 15.9 Å². The Balaban J connectivity index is 1.76. The zero-order valence-corrected chi connectivity index (χ0v) is 14.9. The second-order valence-electron chi connectivity index (χ2n) is 7.89. The summed E-state index contributed by atoms with van der Waals surface area (Å²) < 4.78 is 63.4. The lowest BCUT2D eigenvalue weighted by Crippen LogP contribution is -2.55. The SMILES string of the molecule is NS(=O)(=O)CC1CCCN(C(=O)[C@H]2C3CCC(CC3)[C@@H]2C(F)(F)F)C1. The minimum atomic E-state index is -4.36. The third-order valence-electron chi connectivity index (χ3n) is 6.18. The number of nitrogens with zero attached hydrogens (tertiary/aromatic N) is 1. The number of carbonyl (C=O) groups excluding carboxylic acids is 1. The summed E-state index contributed by atoms with van der Waals surface area (Å²) >= 11 is 0. The third kappa shape index (κ3) is 4.13. The molecule has 0 aromatic carbocycles. The summed E-state index contributed by atoms with van der Waals surface area (Å²) in [7, 11) is -3.66. The van der Waals surface area contributed by atoms with Crippen molar-refractivity contribution >= 4 is 15.9 Å². The van der Waals surface area contributed by atoms with Crippen molar-refractivity contribution in [3.05, 3.63) is 0 Å². The van der Waals surface area contributed by atoms with Gasteiger partial charge in [0.25, 0.3) is 0 Å². The average Bonchev–Trinajstić information content (AvgIpc) is 2.52. The number of amides is 1. The lowest BCUT2D eigenvalue weighted by molar-refractivity contribution is -0.231. The monoisotopic (exact) mass is 382 g/mol. The maximum absolute atomic E-state index is 13.6. The summed E-state index contributed by atoms with van der Waals surface area (Å²) in [5.41, 5.74) is 0. The Morgan fingerprint density at radius 3 is 2.24 bits per heavy atom. The van der Waals surface area contributed by atoms with E-state index in [1.807, 2.05) is 0 Å². The van der Waals surface area contributed by atoms with Crippen LogP contribution in [0.5, 0.6) is 0 Å². The van der Waals surface area contributed by atoms with E-state index in [1.54, 1.807) is 0 Å². The fraction of sp³-hybridized carbons (Fsp3) is 0.938. The zero-order valence-electron chi connectivity index (χ0n) is 14.0. The maximum Gasteiger partial charge on any atom is 0.392 e. The van der Waals surface area contributed by atoms with Crippen molar-refractivity contribution in [3.63, 3.8) is 0 Å². The number of hydrogen-bond donors (Lipinski definition) is 1. The summed E-state index contributed by atoms with van der Waals surface area (Å²) in [5, 5.41) is 5.08. The van der Waals surface area contributed by atoms with Crippen LogP contribution in [0, 0.1) is 29.6 Å². The fourth-order valence-corrected chi connectivity index (χ4v) is 6.15. The Hall–Kier alpha value is -0.830. The number of hydrogen-bond acceptors (Lipinski definition) is 3. The predicted octanol–water partition coefficient (Wildman–Crippen LogP) is 2.13. The molecule has 4 fully saturated rings. The molecule has 4 aliphatic rings. The van der Waals surface area contributed by atoms with E-state index >= 15 is 0 Å². The van der Waals surface area contributed by atoms with Crippen molar-refractivity contribution in [1.29, 1.82) is 0 Å². The van der Waals surface area contributed by atoms with E-state index in [-0.39, 0.29) is 24.1 Å². The average molecular weight is 382 g/mol. The molecule has 1 saturated heterocycles. The summed E-state index contributed by atoms with van der Waals surface area (Å²) in [6.45, 7) is 0.589. The number of halogens is 3. The van der Waals surface area contributed by atoms with Gasteiger partial charge in [-0.3, -0.25) is 4.79 Å². The summed E-state index contributed by atoms with van der Waals surface area (Å²) in [4.78, 5) is 14.4. The van der Waals surface area contributed by atoms with Gasteiger partial charge < -0.3 is 4.90 Å². The number of rotatable bonds is 3. The molecule has 25 heavy (non-hydrogen) atoms. The van der Waals surface area contributed by atoms with E-state index in [1.165, 1.54) is 4.90 Å². The molecule has 3 saturated carbocycles. The number of alkyl halides is 3. The maximum atomic E-state index is 13.6. The molecule has 3 atom stereocenters. The summed E-state index contributed by atoms with van der Waals surface area (Å²) in [5.74, 6) is -4.16. The molecular weight excluding hydrogens is 357 g/mol. The Kier molecular flexibility index (Phi) is 5.09. The van der Waals surface area contributed by atoms with E-state index in [0.29, 0.717) is 45.1 Å². The highest BCUT2D eigenvalue weighted by atomic mass is 32.2. The van der Waals surface area contributed by atoms with Gasteiger partial charge in [-0.05, 0) is 56.3 Å². The van der Waals surface area contributed by atoms with Gasteiger partial charge >= 0.3 is 6.18 Å². The first kappa shape index (κ1) is 18.9. The predicted molar refractivity (Wildman–Crippen MR) is 85.8 cm³/mol. The van der Waals surface area contributed by atoms with E-state index < -0.39 is 39.9 Å². The molecule has 0 aromatic heterocycles. The Labute approximate surface area is 146 Å². The Morgan fingerprint density at radius 2 is 1.68 bits per heavy atom. The molecule has 4 rings (SSSR count). The third-order valence-corrected chi connectivity index (χ3v) is 7.12. The number of piperidine rings is 1.